The largest absolute Gasteiger partial charge is 0.287 e. The molecular weight excluding hydrogens is 380 g/mol. The molecule has 1 aromatic heterocycles. The van der Waals surface area contributed by atoms with E-state index in [2.05, 4.69) is 59.6 Å². The number of hydrogen-bond donors (Lipinski definition) is 0. The highest BCUT2D eigenvalue weighted by atomic mass is 16.1. The zero-order chi connectivity index (χ0) is 20.8. The number of rotatable bonds is 4. The lowest BCUT2D eigenvalue weighted by Crippen LogP contribution is -2.40. The summed E-state index contributed by atoms with van der Waals surface area (Å²) in [6, 6.07) is 28.9. The third kappa shape index (κ3) is 2.86. The van der Waals surface area contributed by atoms with Crippen LogP contribution in [0.1, 0.15) is 10.4 Å². The first-order chi connectivity index (χ1) is 15.3. The van der Waals surface area contributed by atoms with Crippen LogP contribution >= 0.6 is 0 Å². The maximum absolute atomic E-state index is 12.9. The second kappa shape index (κ2) is 6.99. The Morgan fingerprint density at radius 2 is 1.45 bits per heavy atom. The van der Waals surface area contributed by atoms with Crippen molar-refractivity contribution in [2.45, 2.75) is 6.54 Å². The Kier molecular flexibility index (Phi) is 4.00. The van der Waals surface area contributed by atoms with Crippen LogP contribution in [0.2, 0.25) is 0 Å². The molecule has 3 heteroatoms. The molecule has 31 heavy (non-hydrogen) atoms. The monoisotopic (exact) mass is 399 g/mol. The summed E-state index contributed by atoms with van der Waals surface area (Å²) in [4.78, 5) is 17.3. The number of ketones is 1. The minimum absolute atomic E-state index is 0.0794. The molecule has 0 aliphatic heterocycles. The van der Waals surface area contributed by atoms with E-state index in [1.165, 1.54) is 32.3 Å². The molecule has 0 spiro atoms. The molecule has 5 aromatic carbocycles. The smallest absolute Gasteiger partial charge is 0.232 e. The van der Waals surface area contributed by atoms with Crippen LogP contribution in [0, 0.1) is 0 Å². The van der Waals surface area contributed by atoms with Gasteiger partial charge in [0.25, 0.3) is 0 Å². The molecule has 0 N–H and O–H groups in total. The molecule has 0 fully saturated rings. The van der Waals surface area contributed by atoms with E-state index in [0.29, 0.717) is 5.56 Å². The van der Waals surface area contributed by atoms with Crippen molar-refractivity contribution in [3.8, 4) is 11.3 Å². The Morgan fingerprint density at radius 3 is 2.26 bits per heavy atom. The zero-order valence-corrected chi connectivity index (χ0v) is 16.8. The van der Waals surface area contributed by atoms with Crippen molar-refractivity contribution < 1.29 is 9.36 Å². The van der Waals surface area contributed by atoms with Crippen LogP contribution in [0.15, 0.2) is 104 Å². The number of carbonyl (C=O) groups excluding carboxylic acids is 1. The number of hydrogen-bond acceptors (Lipinski definition) is 2. The molecule has 0 saturated heterocycles. The molecule has 0 atom stereocenters. The number of aromatic nitrogens is 2. The van der Waals surface area contributed by atoms with Gasteiger partial charge in [-0.2, -0.15) is 4.57 Å². The van der Waals surface area contributed by atoms with E-state index in [1.807, 2.05) is 47.3 Å². The quantitative estimate of drug-likeness (QED) is 0.213. The van der Waals surface area contributed by atoms with Gasteiger partial charge in [0.1, 0.15) is 0 Å². The molecule has 6 rings (SSSR count). The topological polar surface area (TPSA) is 33.8 Å². The molecule has 0 aliphatic rings. The summed E-state index contributed by atoms with van der Waals surface area (Å²) in [6.07, 6.45) is 5.47. The van der Waals surface area contributed by atoms with Gasteiger partial charge in [0.2, 0.25) is 18.0 Å². The minimum Gasteiger partial charge on any atom is -0.287 e. The van der Waals surface area contributed by atoms with Gasteiger partial charge >= 0.3 is 0 Å². The lowest BCUT2D eigenvalue weighted by Gasteiger charge is -2.13. The molecular formula is C28H19N2O+. The van der Waals surface area contributed by atoms with E-state index in [4.69, 9.17) is 0 Å². The van der Waals surface area contributed by atoms with Crippen molar-refractivity contribution in [3.05, 3.63) is 109 Å². The second-order valence-electron chi connectivity index (χ2n) is 7.85. The first-order valence-electron chi connectivity index (χ1n) is 10.4. The predicted molar refractivity (Wildman–Crippen MR) is 124 cm³/mol. The van der Waals surface area contributed by atoms with Crippen molar-refractivity contribution in [1.82, 2.24) is 4.98 Å². The fourth-order valence-electron chi connectivity index (χ4n) is 4.58. The van der Waals surface area contributed by atoms with Crippen LogP contribution in [0.4, 0.5) is 0 Å². The number of nitrogens with zero attached hydrogens (tertiary/aromatic N) is 2. The van der Waals surface area contributed by atoms with Gasteiger partial charge in [0.15, 0.2) is 6.20 Å². The molecule has 1 heterocycles. The summed E-state index contributed by atoms with van der Waals surface area (Å²) in [5.74, 6) is 0.0794. The summed E-state index contributed by atoms with van der Waals surface area (Å²) >= 11 is 0. The fourth-order valence-corrected chi connectivity index (χ4v) is 4.58. The molecule has 0 bridgehead atoms. The van der Waals surface area contributed by atoms with E-state index in [0.717, 1.165) is 11.3 Å². The van der Waals surface area contributed by atoms with E-state index in [-0.39, 0.29) is 12.3 Å². The Balaban J connectivity index is 1.55. The third-order valence-corrected chi connectivity index (χ3v) is 6.05. The SMILES string of the molecule is O=C(C[n+]1ccncc1-c1ccc2ccc3cccc4ccc1c2c34)c1ccccc1. The lowest BCUT2D eigenvalue weighted by molar-refractivity contribution is -0.672. The van der Waals surface area contributed by atoms with E-state index >= 15 is 0 Å². The fraction of sp³-hybridized carbons (Fsp3) is 0.0357. The van der Waals surface area contributed by atoms with Crippen molar-refractivity contribution in [2.75, 3.05) is 0 Å². The molecule has 6 aromatic rings. The van der Waals surface area contributed by atoms with Crippen LogP contribution in [-0.2, 0) is 6.54 Å². The van der Waals surface area contributed by atoms with Crippen LogP contribution in [0.3, 0.4) is 0 Å². The van der Waals surface area contributed by atoms with Crippen molar-refractivity contribution >= 4 is 38.1 Å². The van der Waals surface area contributed by atoms with Gasteiger partial charge in [0, 0.05) is 5.56 Å². The van der Waals surface area contributed by atoms with Crippen molar-refractivity contribution in [2.24, 2.45) is 0 Å². The van der Waals surface area contributed by atoms with E-state index in [9.17, 15) is 4.79 Å². The lowest BCUT2D eigenvalue weighted by atomic mass is 9.91. The maximum Gasteiger partial charge on any atom is 0.232 e. The number of carbonyl (C=O) groups is 1. The Morgan fingerprint density at radius 1 is 0.742 bits per heavy atom. The molecule has 0 amide bonds. The summed E-state index contributed by atoms with van der Waals surface area (Å²) in [5.41, 5.74) is 2.73. The summed E-state index contributed by atoms with van der Waals surface area (Å²) < 4.78 is 1.99. The normalized spacial score (nSPS) is 11.5. The maximum atomic E-state index is 12.9. The average molecular weight is 399 g/mol. The highest BCUT2D eigenvalue weighted by Gasteiger charge is 2.21. The van der Waals surface area contributed by atoms with Gasteiger partial charge < -0.3 is 0 Å². The summed E-state index contributed by atoms with van der Waals surface area (Å²) in [7, 11) is 0. The minimum atomic E-state index is 0.0794. The van der Waals surface area contributed by atoms with Gasteiger partial charge in [0.05, 0.1) is 18.0 Å². The molecule has 0 radical (unpaired) electrons. The molecule has 0 unspecified atom stereocenters. The first kappa shape index (κ1) is 17.7. The summed E-state index contributed by atoms with van der Waals surface area (Å²) in [5, 5.41) is 7.43. The van der Waals surface area contributed by atoms with Crippen LogP contribution in [0.25, 0.3) is 43.6 Å². The highest BCUT2D eigenvalue weighted by Crippen LogP contribution is 2.38. The van der Waals surface area contributed by atoms with Gasteiger partial charge in [-0.25, -0.2) is 0 Å². The van der Waals surface area contributed by atoms with Gasteiger partial charge in [-0.3, -0.25) is 9.78 Å². The number of Topliss-reactive ketones (excluding diaryl/α,β-unsaturated/α-hetero) is 1. The van der Waals surface area contributed by atoms with Crippen LogP contribution < -0.4 is 4.57 Å². The van der Waals surface area contributed by atoms with E-state index < -0.39 is 0 Å². The Labute approximate surface area is 179 Å². The summed E-state index contributed by atoms with van der Waals surface area (Å²) in [6.45, 7) is 0.268. The first-order valence-corrected chi connectivity index (χ1v) is 10.4. The molecule has 3 nitrogen and oxygen atoms in total. The van der Waals surface area contributed by atoms with E-state index in [1.54, 1.807) is 6.20 Å². The Hall–Kier alpha value is -4.11. The van der Waals surface area contributed by atoms with Crippen molar-refractivity contribution in [3.63, 3.8) is 0 Å². The molecule has 0 saturated carbocycles. The second-order valence-corrected chi connectivity index (χ2v) is 7.85. The van der Waals surface area contributed by atoms with Crippen LogP contribution in [0.5, 0.6) is 0 Å². The standard InChI is InChI=1S/C28H19N2O/c31-26(19-5-2-1-3-6-19)18-30-16-15-29-17-25(30)23-13-11-22-10-9-20-7-4-8-21-12-14-24(23)28(22)27(20)21/h1-17H,18H2/q+1. The van der Waals surface area contributed by atoms with Gasteiger partial charge in [-0.1, -0.05) is 78.9 Å². The Bertz CT molecular complexity index is 1560. The average Bonchev–Trinajstić information content (AvgIpc) is 2.83. The van der Waals surface area contributed by atoms with Crippen molar-refractivity contribution in [1.29, 1.82) is 0 Å². The zero-order valence-electron chi connectivity index (χ0n) is 16.8. The molecule has 146 valence electrons. The van der Waals surface area contributed by atoms with Gasteiger partial charge in [-0.15, -0.1) is 0 Å². The predicted octanol–water partition coefficient (Wildman–Crippen LogP) is 5.82. The van der Waals surface area contributed by atoms with Crippen LogP contribution in [-0.4, -0.2) is 10.8 Å². The number of benzene rings is 5. The molecule has 0 aliphatic carbocycles. The van der Waals surface area contributed by atoms with Gasteiger partial charge in [-0.05, 0) is 38.4 Å². The third-order valence-electron chi connectivity index (χ3n) is 6.05. The highest BCUT2D eigenvalue weighted by molar-refractivity contribution is 6.25.